The van der Waals surface area contributed by atoms with Gasteiger partial charge in [0.2, 0.25) is 0 Å². The molecule has 7 nitrogen and oxygen atoms in total. The van der Waals surface area contributed by atoms with E-state index in [1.165, 1.54) is 4.31 Å². The molecular formula is C12H25N3O4S. The third-order valence-electron chi connectivity index (χ3n) is 4.10. The maximum Gasteiger partial charge on any atom is 0.282 e. The summed E-state index contributed by atoms with van der Waals surface area (Å²) in [7, 11) is -0.256. The average Bonchev–Trinajstić information content (AvgIpc) is 2.99. The molecule has 0 aliphatic carbocycles. The van der Waals surface area contributed by atoms with E-state index in [4.69, 9.17) is 9.47 Å². The molecule has 0 aromatic carbocycles. The fourth-order valence-corrected chi connectivity index (χ4v) is 4.59. The molecule has 0 saturated carbocycles. The van der Waals surface area contributed by atoms with Crippen molar-refractivity contribution in [2.75, 3.05) is 66.7 Å². The highest BCUT2D eigenvalue weighted by atomic mass is 32.2. The fraction of sp³-hybridized carbons (Fsp3) is 1.00. The number of ether oxygens (including phenoxy) is 2. The molecule has 2 aliphatic rings. The van der Waals surface area contributed by atoms with Crippen molar-refractivity contribution >= 4 is 10.2 Å². The van der Waals surface area contributed by atoms with Crippen molar-refractivity contribution in [2.45, 2.75) is 0 Å². The van der Waals surface area contributed by atoms with Crippen molar-refractivity contribution in [3.63, 3.8) is 0 Å². The molecule has 0 spiro atoms. The quantitative estimate of drug-likeness (QED) is 0.621. The summed E-state index contributed by atoms with van der Waals surface area (Å²) in [6, 6.07) is 0. The maximum absolute atomic E-state index is 12.7. The summed E-state index contributed by atoms with van der Waals surface area (Å²) in [6.45, 7) is 4.61. The van der Waals surface area contributed by atoms with Crippen LogP contribution in [0.2, 0.25) is 0 Å². The van der Waals surface area contributed by atoms with Crippen LogP contribution in [0.5, 0.6) is 0 Å². The third kappa shape index (κ3) is 3.49. The van der Waals surface area contributed by atoms with Crippen molar-refractivity contribution < 1.29 is 17.9 Å². The number of methoxy groups -OCH3 is 2. The molecule has 20 heavy (non-hydrogen) atoms. The smallest absolute Gasteiger partial charge is 0.282 e. The second kappa shape index (κ2) is 7.15. The van der Waals surface area contributed by atoms with E-state index in [-0.39, 0.29) is 0 Å². The van der Waals surface area contributed by atoms with E-state index in [1.54, 1.807) is 18.5 Å². The van der Waals surface area contributed by atoms with Gasteiger partial charge in [0, 0.05) is 40.4 Å². The molecule has 0 radical (unpaired) electrons. The highest BCUT2D eigenvalue weighted by Crippen LogP contribution is 2.29. The lowest BCUT2D eigenvalue weighted by atomic mass is 10.0. The van der Waals surface area contributed by atoms with Crippen molar-refractivity contribution in [3.05, 3.63) is 0 Å². The number of nitrogens with zero attached hydrogens (tertiary/aromatic N) is 2. The van der Waals surface area contributed by atoms with Crippen molar-refractivity contribution in [1.29, 1.82) is 0 Å². The molecule has 2 heterocycles. The predicted molar refractivity (Wildman–Crippen MR) is 75.7 cm³/mol. The van der Waals surface area contributed by atoms with Gasteiger partial charge in [0.25, 0.3) is 10.2 Å². The summed E-state index contributed by atoms with van der Waals surface area (Å²) in [6.07, 6.45) is 0. The molecule has 0 unspecified atom stereocenters. The summed E-state index contributed by atoms with van der Waals surface area (Å²) in [4.78, 5) is 0. The zero-order valence-corrected chi connectivity index (χ0v) is 13.1. The zero-order valence-electron chi connectivity index (χ0n) is 12.2. The van der Waals surface area contributed by atoms with Crippen LogP contribution in [0, 0.1) is 11.8 Å². The van der Waals surface area contributed by atoms with E-state index in [1.807, 2.05) is 0 Å². The minimum Gasteiger partial charge on any atom is -0.383 e. The molecule has 0 bridgehead atoms. The second-order valence-corrected chi connectivity index (χ2v) is 7.32. The molecule has 8 heteroatoms. The molecule has 118 valence electrons. The van der Waals surface area contributed by atoms with Gasteiger partial charge in [0.15, 0.2) is 0 Å². The number of fused-ring (bicyclic) bond motifs is 1. The lowest BCUT2D eigenvalue weighted by molar-refractivity contribution is 0.147. The molecule has 2 aliphatic heterocycles. The first-order chi connectivity index (χ1) is 9.59. The van der Waals surface area contributed by atoms with Gasteiger partial charge in [-0.25, -0.2) is 0 Å². The highest BCUT2D eigenvalue weighted by molar-refractivity contribution is 7.86. The van der Waals surface area contributed by atoms with Crippen molar-refractivity contribution in [2.24, 2.45) is 11.8 Å². The summed E-state index contributed by atoms with van der Waals surface area (Å²) in [5, 5.41) is 3.32. The Labute approximate surface area is 121 Å². The first-order valence-electron chi connectivity index (χ1n) is 7.03. The summed E-state index contributed by atoms with van der Waals surface area (Å²) < 4.78 is 38.5. The SMILES string of the molecule is COCCN(CCOC)S(=O)(=O)N1C[C@H]2CNC[C@H]2C1. The van der Waals surface area contributed by atoms with Gasteiger partial charge in [-0.2, -0.15) is 17.0 Å². The first-order valence-corrected chi connectivity index (χ1v) is 8.43. The van der Waals surface area contributed by atoms with Crippen molar-refractivity contribution in [1.82, 2.24) is 13.9 Å². The molecule has 2 atom stereocenters. The minimum atomic E-state index is -3.41. The number of hydrogen-bond acceptors (Lipinski definition) is 5. The molecule has 0 amide bonds. The van der Waals surface area contributed by atoms with Crippen LogP contribution in [0.15, 0.2) is 0 Å². The van der Waals surface area contributed by atoms with Gasteiger partial charge in [0.1, 0.15) is 0 Å². The lowest BCUT2D eigenvalue weighted by Gasteiger charge is -2.27. The predicted octanol–water partition coefficient (Wildman–Crippen LogP) is -1.02. The van der Waals surface area contributed by atoms with E-state index in [0.717, 1.165) is 13.1 Å². The van der Waals surface area contributed by atoms with Gasteiger partial charge in [0.05, 0.1) is 13.2 Å². The Kier molecular flexibility index (Phi) is 5.76. The van der Waals surface area contributed by atoms with Gasteiger partial charge in [-0.15, -0.1) is 0 Å². The van der Waals surface area contributed by atoms with Crippen molar-refractivity contribution in [3.8, 4) is 0 Å². The Morgan fingerprint density at radius 3 is 2.05 bits per heavy atom. The van der Waals surface area contributed by atoms with Crippen LogP contribution in [-0.4, -0.2) is 83.7 Å². The van der Waals surface area contributed by atoms with Gasteiger partial charge in [-0.05, 0) is 24.9 Å². The largest absolute Gasteiger partial charge is 0.383 e. The summed E-state index contributed by atoms with van der Waals surface area (Å²) in [5.41, 5.74) is 0. The molecular weight excluding hydrogens is 282 g/mol. The molecule has 2 rings (SSSR count). The van der Waals surface area contributed by atoms with Crippen LogP contribution in [-0.2, 0) is 19.7 Å². The zero-order chi connectivity index (χ0) is 14.6. The van der Waals surface area contributed by atoms with Gasteiger partial charge in [-0.1, -0.05) is 0 Å². The molecule has 2 saturated heterocycles. The number of hydrogen-bond donors (Lipinski definition) is 1. The Bertz CT molecular complexity index is 384. The van der Waals surface area contributed by atoms with Crippen LogP contribution in [0.1, 0.15) is 0 Å². The summed E-state index contributed by atoms with van der Waals surface area (Å²) >= 11 is 0. The van der Waals surface area contributed by atoms with E-state index in [9.17, 15) is 8.42 Å². The van der Waals surface area contributed by atoms with E-state index in [2.05, 4.69) is 5.32 Å². The second-order valence-electron chi connectivity index (χ2n) is 5.39. The van der Waals surface area contributed by atoms with Gasteiger partial charge < -0.3 is 14.8 Å². The van der Waals surface area contributed by atoms with Gasteiger partial charge in [-0.3, -0.25) is 0 Å². The van der Waals surface area contributed by atoms with Crippen LogP contribution in [0.25, 0.3) is 0 Å². The van der Waals surface area contributed by atoms with Crippen LogP contribution in [0.4, 0.5) is 0 Å². The summed E-state index contributed by atoms with van der Waals surface area (Å²) in [5.74, 6) is 0.910. The topological polar surface area (TPSA) is 71.1 Å². The molecule has 0 aromatic rings. The standard InChI is InChI=1S/C12H25N3O4S/c1-18-5-3-14(4-6-19-2)20(16,17)15-9-11-7-13-8-12(11)10-15/h11-13H,3-10H2,1-2H3/t11-,12+. The van der Waals surface area contributed by atoms with E-state index in [0.29, 0.717) is 51.2 Å². The minimum absolute atomic E-state index is 0.367. The Morgan fingerprint density at radius 1 is 1.10 bits per heavy atom. The monoisotopic (exact) mass is 307 g/mol. The van der Waals surface area contributed by atoms with Gasteiger partial charge >= 0.3 is 0 Å². The maximum atomic E-state index is 12.7. The Morgan fingerprint density at radius 2 is 1.60 bits per heavy atom. The molecule has 0 aromatic heterocycles. The average molecular weight is 307 g/mol. The molecule has 2 fully saturated rings. The first kappa shape index (κ1) is 16.1. The third-order valence-corrected chi connectivity index (χ3v) is 6.07. The lowest BCUT2D eigenvalue weighted by Crippen LogP contribution is -2.46. The van der Waals surface area contributed by atoms with Crippen LogP contribution in [0.3, 0.4) is 0 Å². The highest BCUT2D eigenvalue weighted by Gasteiger charge is 2.42. The molecule has 1 N–H and O–H groups in total. The van der Waals surface area contributed by atoms with E-state index >= 15 is 0 Å². The number of rotatable bonds is 8. The Hall–Kier alpha value is -0.250. The van der Waals surface area contributed by atoms with Crippen LogP contribution < -0.4 is 5.32 Å². The van der Waals surface area contributed by atoms with Crippen LogP contribution >= 0.6 is 0 Å². The normalized spacial score (nSPS) is 27.4. The Balaban J connectivity index is 2.01. The van der Waals surface area contributed by atoms with E-state index < -0.39 is 10.2 Å². The number of nitrogens with one attached hydrogen (secondary N) is 1. The fourth-order valence-electron chi connectivity index (χ4n) is 2.89.